The van der Waals surface area contributed by atoms with E-state index in [0.29, 0.717) is 25.8 Å². The molecular formula is C29H35N3O4S. The van der Waals surface area contributed by atoms with Crippen LogP contribution >= 0.6 is 11.8 Å². The predicted octanol–water partition coefficient (Wildman–Crippen LogP) is 3.52. The van der Waals surface area contributed by atoms with E-state index in [1.54, 1.807) is 0 Å². The summed E-state index contributed by atoms with van der Waals surface area (Å²) in [5.74, 6) is -1.54. The first kappa shape index (κ1) is 26.9. The maximum absolute atomic E-state index is 13.7. The standard InChI is InChI=1S/C29H35N3O4S/c33-26(20-37-23-15-8-3-9-16-23)31-24(19-21-11-4-1-5-12-21)29(36)32-18-10-17-25(32)27(34)28(35)30-22-13-6-2-7-14-22/h1,3-5,8-9,11-12,15-16,22,24-25H,2,6-7,10,13-14,17-20H2,(H,30,35)(H,31,33)/t24-,25?/m0/s1. The molecule has 0 spiro atoms. The van der Waals surface area contributed by atoms with Gasteiger partial charge >= 0.3 is 0 Å². The second kappa shape index (κ2) is 13.4. The molecule has 1 saturated carbocycles. The number of hydrogen-bond acceptors (Lipinski definition) is 5. The van der Waals surface area contributed by atoms with Crippen LogP contribution in [0.2, 0.25) is 0 Å². The van der Waals surface area contributed by atoms with E-state index in [9.17, 15) is 19.2 Å². The van der Waals surface area contributed by atoms with E-state index in [0.717, 1.165) is 42.6 Å². The number of likely N-dealkylation sites (tertiary alicyclic amines) is 1. The number of thioether (sulfide) groups is 1. The minimum absolute atomic E-state index is 0.0305. The number of nitrogens with zero attached hydrogens (tertiary/aromatic N) is 1. The fourth-order valence-corrected chi connectivity index (χ4v) is 5.84. The number of ketones is 1. The fraction of sp³-hybridized carbons (Fsp3) is 0.448. The quantitative estimate of drug-likeness (QED) is 0.369. The third-order valence-electron chi connectivity index (χ3n) is 7.03. The summed E-state index contributed by atoms with van der Waals surface area (Å²) < 4.78 is 0. The zero-order valence-corrected chi connectivity index (χ0v) is 21.9. The molecule has 1 unspecified atom stereocenters. The first-order valence-corrected chi connectivity index (χ1v) is 14.2. The molecule has 0 aromatic heterocycles. The van der Waals surface area contributed by atoms with Gasteiger partial charge in [0.15, 0.2) is 0 Å². The second-order valence-corrected chi connectivity index (χ2v) is 10.8. The Morgan fingerprint density at radius 1 is 0.865 bits per heavy atom. The van der Waals surface area contributed by atoms with Crippen molar-refractivity contribution in [2.45, 2.75) is 74.4 Å². The molecule has 2 N–H and O–H groups in total. The Labute approximate surface area is 222 Å². The van der Waals surface area contributed by atoms with Crippen molar-refractivity contribution < 1.29 is 19.2 Å². The Balaban J connectivity index is 1.42. The van der Waals surface area contributed by atoms with Gasteiger partial charge in [-0.1, -0.05) is 67.8 Å². The molecule has 1 saturated heterocycles. The van der Waals surface area contributed by atoms with E-state index >= 15 is 0 Å². The van der Waals surface area contributed by atoms with Gasteiger partial charge in [0.05, 0.1) is 5.75 Å². The van der Waals surface area contributed by atoms with E-state index < -0.39 is 23.8 Å². The van der Waals surface area contributed by atoms with Crippen LogP contribution in [0.25, 0.3) is 0 Å². The number of carbonyl (C=O) groups is 4. The lowest BCUT2D eigenvalue weighted by molar-refractivity contribution is -0.145. The Kier molecular flexibility index (Phi) is 9.77. The van der Waals surface area contributed by atoms with Crippen LogP contribution in [-0.2, 0) is 25.6 Å². The van der Waals surface area contributed by atoms with Gasteiger partial charge in [-0.15, -0.1) is 11.8 Å². The fourth-order valence-electron chi connectivity index (χ4n) is 5.11. The Hall–Kier alpha value is -3.13. The van der Waals surface area contributed by atoms with Crippen molar-refractivity contribution in [3.63, 3.8) is 0 Å². The highest BCUT2D eigenvalue weighted by atomic mass is 32.2. The van der Waals surface area contributed by atoms with Gasteiger partial charge in [-0.3, -0.25) is 19.2 Å². The van der Waals surface area contributed by atoms with Gasteiger partial charge in [0.1, 0.15) is 12.1 Å². The molecule has 3 amide bonds. The molecule has 37 heavy (non-hydrogen) atoms. The molecule has 0 bridgehead atoms. The highest BCUT2D eigenvalue weighted by Gasteiger charge is 2.40. The zero-order valence-electron chi connectivity index (χ0n) is 21.1. The van der Waals surface area contributed by atoms with E-state index in [4.69, 9.17) is 0 Å². The lowest BCUT2D eigenvalue weighted by Crippen LogP contribution is -2.55. The smallest absolute Gasteiger partial charge is 0.289 e. The SMILES string of the molecule is O=C(CSc1ccccc1)N[C@@H](Cc1ccccc1)C(=O)N1CCCC1C(=O)C(=O)NC1CCCCC1. The van der Waals surface area contributed by atoms with Crippen LogP contribution < -0.4 is 10.6 Å². The van der Waals surface area contributed by atoms with Gasteiger partial charge in [0.25, 0.3) is 5.91 Å². The highest BCUT2D eigenvalue weighted by molar-refractivity contribution is 8.00. The summed E-state index contributed by atoms with van der Waals surface area (Å²) in [6.07, 6.45) is 6.45. The second-order valence-electron chi connectivity index (χ2n) is 9.77. The summed E-state index contributed by atoms with van der Waals surface area (Å²) in [6.45, 7) is 0.395. The lowest BCUT2D eigenvalue weighted by Gasteiger charge is -2.29. The van der Waals surface area contributed by atoms with Crippen LogP contribution in [0.1, 0.15) is 50.5 Å². The number of amides is 3. The average molecular weight is 522 g/mol. The Morgan fingerprint density at radius 2 is 1.54 bits per heavy atom. The van der Waals surface area contributed by atoms with Crippen molar-refractivity contribution in [3.8, 4) is 0 Å². The van der Waals surface area contributed by atoms with Crippen LogP contribution in [0, 0.1) is 0 Å². The molecule has 1 aliphatic heterocycles. The number of carbonyl (C=O) groups excluding carboxylic acids is 4. The summed E-state index contributed by atoms with van der Waals surface area (Å²) >= 11 is 1.40. The molecular weight excluding hydrogens is 486 g/mol. The van der Waals surface area contributed by atoms with Crippen molar-refractivity contribution in [2.24, 2.45) is 0 Å². The van der Waals surface area contributed by atoms with Crippen LogP contribution in [0.3, 0.4) is 0 Å². The molecule has 1 aliphatic carbocycles. The number of Topliss-reactive ketones (excluding diaryl/α,β-unsaturated/α-hetero) is 1. The maximum atomic E-state index is 13.7. The molecule has 1 heterocycles. The van der Waals surface area contributed by atoms with Gasteiger partial charge in [0, 0.05) is 23.9 Å². The summed E-state index contributed by atoms with van der Waals surface area (Å²) in [4.78, 5) is 54.9. The van der Waals surface area contributed by atoms with Crippen molar-refractivity contribution >= 4 is 35.3 Å². The first-order valence-electron chi connectivity index (χ1n) is 13.2. The van der Waals surface area contributed by atoms with E-state index in [2.05, 4.69) is 10.6 Å². The average Bonchev–Trinajstić information content (AvgIpc) is 3.42. The minimum Gasteiger partial charge on any atom is -0.347 e. The normalized spacial score (nSPS) is 18.7. The summed E-state index contributed by atoms with van der Waals surface area (Å²) in [5, 5.41) is 5.79. The summed E-state index contributed by atoms with van der Waals surface area (Å²) in [7, 11) is 0. The predicted molar refractivity (Wildman–Crippen MR) is 144 cm³/mol. The van der Waals surface area contributed by atoms with Crippen molar-refractivity contribution in [2.75, 3.05) is 12.3 Å². The molecule has 8 heteroatoms. The van der Waals surface area contributed by atoms with Crippen LogP contribution in [-0.4, -0.2) is 58.8 Å². The van der Waals surface area contributed by atoms with Crippen LogP contribution in [0.4, 0.5) is 0 Å². The number of nitrogens with one attached hydrogen (secondary N) is 2. The third-order valence-corrected chi connectivity index (χ3v) is 8.04. The van der Waals surface area contributed by atoms with Crippen molar-refractivity contribution in [1.82, 2.24) is 15.5 Å². The lowest BCUT2D eigenvalue weighted by atomic mass is 9.95. The van der Waals surface area contributed by atoms with E-state index in [1.807, 2.05) is 60.7 Å². The van der Waals surface area contributed by atoms with Crippen molar-refractivity contribution in [3.05, 3.63) is 66.2 Å². The van der Waals surface area contributed by atoms with Gasteiger partial charge in [-0.2, -0.15) is 0 Å². The Bertz CT molecular complexity index is 1070. The van der Waals surface area contributed by atoms with Crippen LogP contribution in [0.5, 0.6) is 0 Å². The Morgan fingerprint density at radius 3 is 2.24 bits per heavy atom. The molecule has 2 atom stereocenters. The molecule has 2 aromatic rings. The maximum Gasteiger partial charge on any atom is 0.289 e. The van der Waals surface area contributed by atoms with Crippen LogP contribution in [0.15, 0.2) is 65.6 Å². The topological polar surface area (TPSA) is 95.6 Å². The van der Waals surface area contributed by atoms with E-state index in [1.165, 1.54) is 16.7 Å². The first-order chi connectivity index (χ1) is 18.0. The minimum atomic E-state index is -0.818. The molecule has 2 fully saturated rings. The zero-order chi connectivity index (χ0) is 26.0. The number of rotatable bonds is 10. The summed E-state index contributed by atoms with van der Waals surface area (Å²) in [5.41, 5.74) is 0.911. The largest absolute Gasteiger partial charge is 0.347 e. The molecule has 2 aromatic carbocycles. The van der Waals surface area contributed by atoms with Gasteiger partial charge in [-0.05, 0) is 43.4 Å². The number of benzene rings is 2. The molecule has 0 radical (unpaired) electrons. The van der Waals surface area contributed by atoms with Crippen molar-refractivity contribution in [1.29, 1.82) is 0 Å². The monoisotopic (exact) mass is 521 g/mol. The third kappa shape index (κ3) is 7.68. The van der Waals surface area contributed by atoms with Gasteiger partial charge < -0.3 is 15.5 Å². The molecule has 196 valence electrons. The van der Waals surface area contributed by atoms with E-state index in [-0.39, 0.29) is 23.6 Å². The molecule has 7 nitrogen and oxygen atoms in total. The van der Waals surface area contributed by atoms with Gasteiger partial charge in [-0.25, -0.2) is 0 Å². The van der Waals surface area contributed by atoms with Gasteiger partial charge in [0.2, 0.25) is 17.6 Å². The highest BCUT2D eigenvalue weighted by Crippen LogP contribution is 2.22. The molecule has 2 aliphatic rings. The molecule has 4 rings (SSSR count). The number of hydrogen-bond donors (Lipinski definition) is 2. The summed E-state index contributed by atoms with van der Waals surface area (Å²) in [6, 6.07) is 17.5.